The van der Waals surface area contributed by atoms with Crippen LogP contribution >= 0.6 is 0 Å². The van der Waals surface area contributed by atoms with Crippen molar-refractivity contribution in [1.29, 1.82) is 0 Å². The van der Waals surface area contributed by atoms with E-state index in [2.05, 4.69) is 10.6 Å². The van der Waals surface area contributed by atoms with Crippen molar-refractivity contribution < 1.29 is 13.9 Å². The highest BCUT2D eigenvalue weighted by Crippen LogP contribution is 2.19. The zero-order valence-electron chi connectivity index (χ0n) is 11.7. The Bertz CT molecular complexity index is 430. The van der Waals surface area contributed by atoms with Gasteiger partial charge < -0.3 is 19.8 Å². The van der Waals surface area contributed by atoms with E-state index in [1.807, 2.05) is 32.9 Å². The second-order valence-corrected chi connectivity index (χ2v) is 4.99. The topological polar surface area (TPSA) is 63.5 Å². The van der Waals surface area contributed by atoms with Gasteiger partial charge in [-0.1, -0.05) is 6.92 Å². The maximum Gasteiger partial charge on any atom is 0.227 e. The molecule has 0 aromatic carbocycles. The first kappa shape index (κ1) is 14.1. The van der Waals surface area contributed by atoms with Crippen molar-refractivity contribution in [2.24, 2.45) is 5.92 Å². The summed E-state index contributed by atoms with van der Waals surface area (Å²) in [6.07, 6.45) is 0. The molecular formula is C14H22N2O3. The molecule has 1 amide bonds. The summed E-state index contributed by atoms with van der Waals surface area (Å²) in [5, 5.41) is 6.27. The van der Waals surface area contributed by atoms with E-state index in [1.165, 1.54) is 0 Å². The van der Waals surface area contributed by atoms with Crippen LogP contribution in [0.2, 0.25) is 0 Å². The van der Waals surface area contributed by atoms with Crippen LogP contribution in [0.1, 0.15) is 31.4 Å². The minimum atomic E-state index is -0.126. The van der Waals surface area contributed by atoms with Crippen LogP contribution in [0.4, 0.5) is 0 Å². The van der Waals surface area contributed by atoms with Gasteiger partial charge in [-0.25, -0.2) is 0 Å². The first-order valence-corrected chi connectivity index (χ1v) is 6.79. The third-order valence-electron chi connectivity index (χ3n) is 3.43. The van der Waals surface area contributed by atoms with Crippen molar-refractivity contribution in [3.63, 3.8) is 0 Å². The first-order valence-electron chi connectivity index (χ1n) is 6.79. The van der Waals surface area contributed by atoms with Gasteiger partial charge in [-0.15, -0.1) is 0 Å². The van der Waals surface area contributed by atoms with Crippen LogP contribution in [0.3, 0.4) is 0 Å². The molecule has 1 saturated heterocycles. The summed E-state index contributed by atoms with van der Waals surface area (Å²) in [5.74, 6) is 1.53. The molecule has 1 aliphatic rings. The maximum atomic E-state index is 12.2. The van der Waals surface area contributed by atoms with Gasteiger partial charge in [-0.05, 0) is 32.5 Å². The zero-order chi connectivity index (χ0) is 13.8. The number of hydrogen-bond donors (Lipinski definition) is 2. The molecule has 1 fully saturated rings. The molecule has 0 saturated carbocycles. The summed E-state index contributed by atoms with van der Waals surface area (Å²) in [4.78, 5) is 12.2. The van der Waals surface area contributed by atoms with E-state index >= 15 is 0 Å². The van der Waals surface area contributed by atoms with Crippen molar-refractivity contribution in [3.05, 3.63) is 23.7 Å². The van der Waals surface area contributed by atoms with E-state index in [4.69, 9.17) is 9.15 Å². The fourth-order valence-electron chi connectivity index (χ4n) is 2.35. The van der Waals surface area contributed by atoms with Crippen LogP contribution in [-0.4, -0.2) is 31.7 Å². The van der Waals surface area contributed by atoms with E-state index in [1.54, 1.807) is 0 Å². The smallest absolute Gasteiger partial charge is 0.227 e. The Hall–Kier alpha value is -1.33. The molecule has 2 rings (SSSR count). The molecule has 1 aromatic heterocycles. The van der Waals surface area contributed by atoms with Crippen LogP contribution < -0.4 is 10.6 Å². The van der Waals surface area contributed by atoms with Gasteiger partial charge in [0.1, 0.15) is 11.5 Å². The molecule has 1 aromatic rings. The molecule has 3 atom stereocenters. The van der Waals surface area contributed by atoms with Crippen LogP contribution in [0.15, 0.2) is 16.5 Å². The van der Waals surface area contributed by atoms with E-state index in [9.17, 15) is 4.79 Å². The molecule has 0 aliphatic carbocycles. The summed E-state index contributed by atoms with van der Waals surface area (Å²) in [7, 11) is 0. The molecule has 19 heavy (non-hydrogen) atoms. The number of ether oxygens (including phenoxy) is 1. The monoisotopic (exact) mass is 266 g/mol. The minimum absolute atomic E-state index is 0.0185. The second kappa shape index (κ2) is 6.21. The minimum Gasteiger partial charge on any atom is -0.464 e. The molecule has 3 unspecified atom stereocenters. The number of nitrogens with one attached hydrogen (secondary N) is 2. The largest absolute Gasteiger partial charge is 0.464 e. The van der Waals surface area contributed by atoms with Gasteiger partial charge in [0.05, 0.1) is 25.2 Å². The average molecular weight is 266 g/mol. The summed E-state index contributed by atoms with van der Waals surface area (Å²) in [6.45, 7) is 7.76. The first-order chi connectivity index (χ1) is 9.11. The van der Waals surface area contributed by atoms with Gasteiger partial charge in [0, 0.05) is 6.04 Å². The molecule has 1 aliphatic heterocycles. The lowest BCUT2D eigenvalue weighted by Crippen LogP contribution is -2.44. The standard InChI is InChI=1S/C14H22N2O3/c1-4-15-12-8-18-7-11(12)14(17)16-10(3)13-6-5-9(2)19-13/h5-6,10-12,15H,4,7-8H2,1-3H3,(H,16,17). The summed E-state index contributed by atoms with van der Waals surface area (Å²) in [5.41, 5.74) is 0. The van der Waals surface area contributed by atoms with Crippen molar-refractivity contribution in [2.75, 3.05) is 19.8 Å². The summed E-state index contributed by atoms with van der Waals surface area (Å²) < 4.78 is 10.9. The average Bonchev–Trinajstić information content (AvgIpc) is 2.98. The van der Waals surface area contributed by atoms with E-state index in [0.29, 0.717) is 13.2 Å². The molecule has 2 N–H and O–H groups in total. The van der Waals surface area contributed by atoms with Crippen LogP contribution in [0, 0.1) is 12.8 Å². The van der Waals surface area contributed by atoms with Crippen LogP contribution in [-0.2, 0) is 9.53 Å². The Morgan fingerprint density at radius 2 is 2.26 bits per heavy atom. The van der Waals surface area contributed by atoms with Gasteiger partial charge in [-0.3, -0.25) is 4.79 Å². The molecule has 0 spiro atoms. The van der Waals surface area contributed by atoms with Crippen LogP contribution in [0.5, 0.6) is 0 Å². The van der Waals surface area contributed by atoms with Gasteiger partial charge in [0.2, 0.25) is 5.91 Å². The van der Waals surface area contributed by atoms with Crippen molar-refractivity contribution in [1.82, 2.24) is 10.6 Å². The Morgan fingerprint density at radius 3 is 2.89 bits per heavy atom. The van der Waals surface area contributed by atoms with Gasteiger partial charge >= 0.3 is 0 Å². The lowest BCUT2D eigenvalue weighted by Gasteiger charge is -2.20. The molecule has 106 valence electrons. The molecule has 0 radical (unpaired) electrons. The summed E-state index contributed by atoms with van der Waals surface area (Å²) in [6, 6.07) is 3.78. The van der Waals surface area contributed by atoms with Crippen molar-refractivity contribution in [3.8, 4) is 0 Å². The lowest BCUT2D eigenvalue weighted by molar-refractivity contribution is -0.126. The number of likely N-dealkylation sites (N-methyl/N-ethyl adjacent to an activating group) is 1. The number of furan rings is 1. The highest BCUT2D eigenvalue weighted by Gasteiger charge is 2.34. The fourth-order valence-corrected chi connectivity index (χ4v) is 2.35. The fraction of sp³-hybridized carbons (Fsp3) is 0.643. The number of aryl methyl sites for hydroxylation is 1. The molecule has 0 bridgehead atoms. The maximum absolute atomic E-state index is 12.2. The van der Waals surface area contributed by atoms with Gasteiger partial charge in [0.25, 0.3) is 0 Å². The molecule has 5 nitrogen and oxygen atoms in total. The highest BCUT2D eigenvalue weighted by molar-refractivity contribution is 5.80. The van der Waals surface area contributed by atoms with E-state index in [-0.39, 0.29) is 23.9 Å². The van der Waals surface area contributed by atoms with Crippen molar-refractivity contribution >= 4 is 5.91 Å². The third-order valence-corrected chi connectivity index (χ3v) is 3.43. The molecular weight excluding hydrogens is 244 g/mol. The number of amides is 1. The Kier molecular flexibility index (Phi) is 4.61. The van der Waals surface area contributed by atoms with Gasteiger partial charge in [-0.2, -0.15) is 0 Å². The second-order valence-electron chi connectivity index (χ2n) is 4.99. The normalized spacial score (nSPS) is 24.4. The number of carbonyl (C=O) groups is 1. The van der Waals surface area contributed by atoms with Crippen LogP contribution in [0.25, 0.3) is 0 Å². The summed E-state index contributed by atoms with van der Waals surface area (Å²) >= 11 is 0. The third kappa shape index (κ3) is 3.36. The lowest BCUT2D eigenvalue weighted by atomic mass is 10.0. The SMILES string of the molecule is CCNC1COCC1C(=O)NC(C)c1ccc(C)o1. The highest BCUT2D eigenvalue weighted by atomic mass is 16.5. The van der Waals surface area contributed by atoms with E-state index < -0.39 is 0 Å². The van der Waals surface area contributed by atoms with Gasteiger partial charge in [0.15, 0.2) is 0 Å². The Labute approximate surface area is 113 Å². The van der Waals surface area contributed by atoms with E-state index in [0.717, 1.165) is 18.1 Å². The predicted octanol–water partition coefficient (Wildman–Crippen LogP) is 1.39. The number of carbonyl (C=O) groups excluding carboxylic acids is 1. The molecule has 5 heteroatoms. The molecule has 2 heterocycles. The van der Waals surface area contributed by atoms with Crippen molar-refractivity contribution in [2.45, 2.75) is 32.9 Å². The quantitative estimate of drug-likeness (QED) is 0.845. The predicted molar refractivity (Wildman–Crippen MR) is 71.8 cm³/mol. The Morgan fingerprint density at radius 1 is 1.47 bits per heavy atom. The number of hydrogen-bond acceptors (Lipinski definition) is 4. The zero-order valence-corrected chi connectivity index (χ0v) is 11.7. The number of rotatable bonds is 5. The Balaban J connectivity index is 1.93.